The molecule has 0 aromatic heterocycles. The molecule has 1 N–H and O–H groups in total. The maximum Gasteiger partial charge on any atom is 0.0390 e. The van der Waals surface area contributed by atoms with Crippen molar-refractivity contribution in [3.05, 3.63) is 132 Å². The summed E-state index contributed by atoms with van der Waals surface area (Å²) in [4.78, 5) is 0. The average molecular weight is 530 g/mol. The molecule has 41 heavy (non-hydrogen) atoms. The highest BCUT2D eigenvalue weighted by molar-refractivity contribution is 5.84. The third-order valence-corrected chi connectivity index (χ3v) is 11.0. The molecule has 200 valence electrons. The van der Waals surface area contributed by atoms with Crippen LogP contribution in [0.1, 0.15) is 43.2 Å². The van der Waals surface area contributed by atoms with Gasteiger partial charge in [-0.25, -0.2) is 0 Å². The van der Waals surface area contributed by atoms with Crippen LogP contribution in [-0.2, 0) is 5.41 Å². The Hall–Kier alpha value is -4.10. The van der Waals surface area contributed by atoms with E-state index in [1.165, 1.54) is 71.2 Å². The molecule has 1 heteroatoms. The molecule has 10 rings (SSSR count). The van der Waals surface area contributed by atoms with Crippen molar-refractivity contribution in [1.82, 2.24) is 0 Å². The molecular weight excluding hydrogens is 494 g/mol. The van der Waals surface area contributed by atoms with Crippen molar-refractivity contribution in [2.45, 2.75) is 37.5 Å². The standard InChI is InChI=1S/C40H35N/c1-2-8-28(9-3-1)29-10-6-11-30(23-29)31-12-7-13-34(24-31)41-35-16-17-37-36-14-4-5-15-38(36)40(39(37)25-35)32-19-26-18-27(21-32)22-33(40)20-26/h1-17,23-27,32-33,41H,18-22H2. The average Bonchev–Trinajstić information content (AvgIpc) is 3.30. The Morgan fingerprint density at radius 2 is 1.02 bits per heavy atom. The summed E-state index contributed by atoms with van der Waals surface area (Å²) in [6.45, 7) is 0. The quantitative estimate of drug-likeness (QED) is 0.244. The van der Waals surface area contributed by atoms with Crippen molar-refractivity contribution < 1.29 is 0 Å². The van der Waals surface area contributed by atoms with Gasteiger partial charge in [0.2, 0.25) is 0 Å². The first-order valence-electron chi connectivity index (χ1n) is 15.5. The van der Waals surface area contributed by atoms with Crippen LogP contribution in [0.15, 0.2) is 121 Å². The number of anilines is 2. The molecule has 0 radical (unpaired) electrons. The number of fused-ring (bicyclic) bond motifs is 3. The van der Waals surface area contributed by atoms with E-state index in [4.69, 9.17) is 0 Å². The molecule has 0 unspecified atom stereocenters. The summed E-state index contributed by atoms with van der Waals surface area (Å²) in [5, 5.41) is 3.82. The van der Waals surface area contributed by atoms with Gasteiger partial charge in [0.15, 0.2) is 0 Å². The van der Waals surface area contributed by atoms with Crippen LogP contribution < -0.4 is 5.32 Å². The second-order valence-electron chi connectivity index (χ2n) is 13.1. The minimum Gasteiger partial charge on any atom is -0.356 e. The van der Waals surface area contributed by atoms with Gasteiger partial charge in [-0.1, -0.05) is 91.0 Å². The Balaban J connectivity index is 1.08. The summed E-state index contributed by atoms with van der Waals surface area (Å²) in [6, 6.07) is 45.0. The van der Waals surface area contributed by atoms with Gasteiger partial charge in [0.05, 0.1) is 0 Å². The number of hydrogen-bond acceptors (Lipinski definition) is 1. The lowest BCUT2D eigenvalue weighted by Gasteiger charge is -2.61. The topological polar surface area (TPSA) is 12.0 Å². The number of nitrogens with one attached hydrogen (secondary N) is 1. The monoisotopic (exact) mass is 529 g/mol. The van der Waals surface area contributed by atoms with Gasteiger partial charge in [-0.3, -0.25) is 0 Å². The van der Waals surface area contributed by atoms with Gasteiger partial charge in [-0.05, 0) is 131 Å². The minimum atomic E-state index is 0.205. The molecule has 5 aromatic carbocycles. The summed E-state index contributed by atoms with van der Waals surface area (Å²) in [7, 11) is 0. The van der Waals surface area contributed by atoms with Crippen LogP contribution in [0.5, 0.6) is 0 Å². The molecular formula is C40H35N. The Kier molecular flexibility index (Phi) is 5.15. The summed E-state index contributed by atoms with van der Waals surface area (Å²) in [5.41, 5.74) is 13.7. The van der Waals surface area contributed by atoms with Gasteiger partial charge in [-0.2, -0.15) is 0 Å². The maximum atomic E-state index is 3.82. The van der Waals surface area contributed by atoms with Crippen molar-refractivity contribution in [2.24, 2.45) is 23.7 Å². The SMILES string of the molecule is c1ccc(-c2cccc(-c3cccc(Nc4ccc5c(c4)C4(c6ccccc6-5)C5CC6CC(C5)CC4C6)c3)c2)cc1. The highest BCUT2D eigenvalue weighted by atomic mass is 14.9. The first kappa shape index (κ1) is 23.6. The maximum absolute atomic E-state index is 3.82. The highest BCUT2D eigenvalue weighted by Gasteiger charge is 2.61. The fourth-order valence-corrected chi connectivity index (χ4v) is 9.68. The predicted octanol–water partition coefficient (Wildman–Crippen LogP) is 10.5. The molecule has 0 heterocycles. The molecule has 4 fully saturated rings. The van der Waals surface area contributed by atoms with Gasteiger partial charge in [0.25, 0.3) is 0 Å². The third kappa shape index (κ3) is 3.54. The Bertz CT molecular complexity index is 1750. The van der Waals surface area contributed by atoms with Crippen molar-refractivity contribution >= 4 is 11.4 Å². The zero-order valence-electron chi connectivity index (χ0n) is 23.4. The molecule has 0 atom stereocenters. The van der Waals surface area contributed by atoms with Gasteiger partial charge in [0, 0.05) is 16.8 Å². The van der Waals surface area contributed by atoms with E-state index in [9.17, 15) is 0 Å². The summed E-state index contributed by atoms with van der Waals surface area (Å²) < 4.78 is 0. The van der Waals surface area contributed by atoms with Crippen LogP contribution in [-0.4, -0.2) is 0 Å². The van der Waals surface area contributed by atoms with Crippen molar-refractivity contribution in [2.75, 3.05) is 5.32 Å². The number of hydrogen-bond donors (Lipinski definition) is 1. The fourth-order valence-electron chi connectivity index (χ4n) is 9.68. The van der Waals surface area contributed by atoms with E-state index in [0.717, 1.165) is 29.4 Å². The Morgan fingerprint density at radius 3 is 1.80 bits per heavy atom. The van der Waals surface area contributed by atoms with Crippen molar-refractivity contribution in [1.29, 1.82) is 0 Å². The van der Waals surface area contributed by atoms with E-state index >= 15 is 0 Å². The zero-order chi connectivity index (χ0) is 27.0. The Morgan fingerprint density at radius 1 is 0.439 bits per heavy atom. The molecule has 1 spiro atoms. The smallest absolute Gasteiger partial charge is 0.0390 e. The summed E-state index contributed by atoms with van der Waals surface area (Å²) in [5.74, 6) is 3.50. The minimum absolute atomic E-state index is 0.205. The highest BCUT2D eigenvalue weighted by Crippen LogP contribution is 2.69. The largest absolute Gasteiger partial charge is 0.356 e. The van der Waals surface area contributed by atoms with Gasteiger partial charge >= 0.3 is 0 Å². The number of benzene rings is 5. The van der Waals surface area contributed by atoms with E-state index in [-0.39, 0.29) is 5.41 Å². The second-order valence-corrected chi connectivity index (χ2v) is 13.1. The number of rotatable bonds is 4. The second kappa shape index (κ2) is 8.95. The molecule has 4 bridgehead atoms. The molecule has 5 aromatic rings. The third-order valence-electron chi connectivity index (χ3n) is 11.0. The molecule has 1 nitrogen and oxygen atoms in total. The van der Waals surface area contributed by atoms with E-state index in [1.54, 1.807) is 11.1 Å². The van der Waals surface area contributed by atoms with Crippen molar-refractivity contribution in [3.63, 3.8) is 0 Å². The summed E-state index contributed by atoms with van der Waals surface area (Å²) in [6.07, 6.45) is 7.17. The van der Waals surface area contributed by atoms with Crippen molar-refractivity contribution in [3.8, 4) is 33.4 Å². The Labute approximate surface area is 243 Å². The molecule has 5 aliphatic carbocycles. The van der Waals surface area contributed by atoms with Crippen LogP contribution >= 0.6 is 0 Å². The lowest BCUT2D eigenvalue weighted by molar-refractivity contribution is -0.0399. The van der Waals surface area contributed by atoms with Crippen LogP contribution in [0.4, 0.5) is 11.4 Å². The van der Waals surface area contributed by atoms with Crippen LogP contribution in [0.2, 0.25) is 0 Å². The zero-order valence-corrected chi connectivity index (χ0v) is 23.4. The summed E-state index contributed by atoms with van der Waals surface area (Å²) >= 11 is 0. The fraction of sp³-hybridized carbons (Fsp3) is 0.250. The van der Waals surface area contributed by atoms with Crippen LogP contribution in [0.25, 0.3) is 33.4 Å². The molecule has 0 saturated heterocycles. The van der Waals surface area contributed by atoms with Gasteiger partial charge < -0.3 is 5.32 Å². The lowest BCUT2D eigenvalue weighted by atomic mass is 9.43. The van der Waals surface area contributed by atoms with Gasteiger partial charge in [-0.15, -0.1) is 0 Å². The first-order valence-corrected chi connectivity index (χ1v) is 15.5. The molecule has 4 saturated carbocycles. The molecule has 0 aliphatic heterocycles. The van der Waals surface area contributed by atoms with Crippen LogP contribution in [0, 0.1) is 23.7 Å². The first-order chi connectivity index (χ1) is 20.3. The van der Waals surface area contributed by atoms with Gasteiger partial charge in [0.1, 0.15) is 0 Å². The normalized spacial score (nSPS) is 26.6. The van der Waals surface area contributed by atoms with E-state index < -0.39 is 0 Å². The van der Waals surface area contributed by atoms with E-state index in [1.807, 2.05) is 0 Å². The van der Waals surface area contributed by atoms with Crippen LogP contribution in [0.3, 0.4) is 0 Å². The van der Waals surface area contributed by atoms with E-state index in [2.05, 4.69) is 127 Å². The van der Waals surface area contributed by atoms with E-state index in [0.29, 0.717) is 0 Å². The lowest BCUT2D eigenvalue weighted by Crippen LogP contribution is -2.55. The molecule has 0 amide bonds. The predicted molar refractivity (Wildman–Crippen MR) is 170 cm³/mol. The molecule has 5 aliphatic rings.